The molecule has 0 unspecified atom stereocenters. The van der Waals surface area contributed by atoms with Gasteiger partial charge < -0.3 is 9.88 Å². The quantitative estimate of drug-likeness (QED) is 0.745. The second-order valence-corrected chi connectivity index (χ2v) is 6.16. The number of benzene rings is 2. The van der Waals surface area contributed by atoms with Crippen molar-refractivity contribution in [2.24, 2.45) is 0 Å². The number of H-pyrrole nitrogens is 1. The summed E-state index contributed by atoms with van der Waals surface area (Å²) < 4.78 is 1.12. The molecular weight excluding hydrogens is 312 g/mol. The molecule has 0 aliphatic heterocycles. The van der Waals surface area contributed by atoms with Crippen LogP contribution in [-0.4, -0.2) is 19.1 Å². The van der Waals surface area contributed by atoms with E-state index in [0.29, 0.717) is 0 Å². The molecule has 0 radical (unpaired) electrons. The van der Waals surface area contributed by atoms with Gasteiger partial charge in [0.15, 0.2) is 0 Å². The average molecular weight is 329 g/mol. The molecule has 3 rings (SSSR count). The molecule has 102 valence electrons. The number of aromatic amines is 1. The maximum Gasteiger partial charge on any atom is 0.0457 e. The van der Waals surface area contributed by atoms with Crippen molar-refractivity contribution >= 4 is 32.5 Å². The van der Waals surface area contributed by atoms with Crippen molar-refractivity contribution in [2.75, 3.05) is 19.0 Å². The summed E-state index contributed by atoms with van der Waals surface area (Å²) in [7, 11) is 4.12. The number of fused-ring (bicyclic) bond motifs is 1. The predicted molar refractivity (Wildman–Crippen MR) is 89.6 cm³/mol. The molecule has 1 heterocycles. The van der Waals surface area contributed by atoms with Gasteiger partial charge in [-0.3, -0.25) is 0 Å². The summed E-state index contributed by atoms with van der Waals surface area (Å²) >= 11 is 3.54. The third-order valence-electron chi connectivity index (χ3n) is 3.58. The van der Waals surface area contributed by atoms with Gasteiger partial charge in [-0.1, -0.05) is 28.1 Å². The second kappa shape index (κ2) is 5.33. The average Bonchev–Trinajstić information content (AvgIpc) is 2.82. The largest absolute Gasteiger partial charge is 0.378 e. The first-order valence-corrected chi connectivity index (χ1v) is 7.44. The maximum absolute atomic E-state index is 3.54. The number of hydrogen-bond donors (Lipinski definition) is 1. The first-order valence-electron chi connectivity index (χ1n) is 6.65. The molecule has 3 heteroatoms. The van der Waals surface area contributed by atoms with E-state index < -0.39 is 0 Å². The van der Waals surface area contributed by atoms with Crippen LogP contribution in [0.5, 0.6) is 0 Å². The molecule has 0 spiro atoms. The lowest BCUT2D eigenvalue weighted by molar-refractivity contribution is 1.12. The molecule has 2 nitrogen and oxygen atoms in total. The predicted octanol–water partition coefficient (Wildman–Crippen LogP) is 4.59. The van der Waals surface area contributed by atoms with E-state index >= 15 is 0 Å². The molecule has 0 aliphatic rings. The zero-order valence-corrected chi connectivity index (χ0v) is 13.2. The summed E-state index contributed by atoms with van der Waals surface area (Å²) in [6.07, 6.45) is 3.06. The highest BCUT2D eigenvalue weighted by molar-refractivity contribution is 9.10. The highest BCUT2D eigenvalue weighted by atomic mass is 79.9. The second-order valence-electron chi connectivity index (χ2n) is 5.24. The van der Waals surface area contributed by atoms with Crippen LogP contribution in [0.2, 0.25) is 0 Å². The van der Waals surface area contributed by atoms with E-state index in [9.17, 15) is 0 Å². The number of hydrogen-bond acceptors (Lipinski definition) is 1. The van der Waals surface area contributed by atoms with E-state index in [1.54, 1.807) is 0 Å². The number of nitrogens with zero attached hydrogens (tertiary/aromatic N) is 1. The molecule has 0 aliphatic carbocycles. The highest BCUT2D eigenvalue weighted by Gasteiger charge is 2.05. The molecule has 3 aromatic rings. The van der Waals surface area contributed by atoms with Gasteiger partial charge in [-0.15, -0.1) is 0 Å². The third-order valence-corrected chi connectivity index (χ3v) is 4.07. The van der Waals surface area contributed by atoms with Gasteiger partial charge in [0, 0.05) is 41.4 Å². The lowest BCUT2D eigenvalue weighted by Crippen LogP contribution is -2.08. The van der Waals surface area contributed by atoms with E-state index in [0.717, 1.165) is 10.9 Å². The Hall–Kier alpha value is -1.74. The molecule has 0 bridgehead atoms. The smallest absolute Gasteiger partial charge is 0.0457 e. The van der Waals surface area contributed by atoms with Gasteiger partial charge in [0.2, 0.25) is 0 Å². The Morgan fingerprint density at radius 1 is 1.05 bits per heavy atom. The normalized spacial score (nSPS) is 10.9. The standard InChI is InChI=1S/C17H17BrN2/c1-20(2)15-6-3-12(4-7-15)9-13-11-19-17-8-5-14(18)10-16(13)17/h3-8,10-11,19H,9H2,1-2H3. The van der Waals surface area contributed by atoms with Crippen LogP contribution in [0.25, 0.3) is 10.9 Å². The van der Waals surface area contributed by atoms with Gasteiger partial charge in [0.25, 0.3) is 0 Å². The van der Waals surface area contributed by atoms with Crippen LogP contribution in [0.15, 0.2) is 53.1 Å². The van der Waals surface area contributed by atoms with E-state index in [1.165, 1.54) is 27.7 Å². The first kappa shape index (κ1) is 13.3. The van der Waals surface area contributed by atoms with Crippen molar-refractivity contribution in [3.63, 3.8) is 0 Å². The Balaban J connectivity index is 1.91. The van der Waals surface area contributed by atoms with Gasteiger partial charge in [-0.05, 0) is 47.9 Å². The van der Waals surface area contributed by atoms with Crippen molar-refractivity contribution in [3.05, 3.63) is 64.3 Å². The van der Waals surface area contributed by atoms with Crippen LogP contribution in [-0.2, 0) is 6.42 Å². The Bertz CT molecular complexity index is 726. The molecular formula is C17H17BrN2. The van der Waals surface area contributed by atoms with Crippen molar-refractivity contribution in [2.45, 2.75) is 6.42 Å². The van der Waals surface area contributed by atoms with Crippen LogP contribution < -0.4 is 4.90 Å². The van der Waals surface area contributed by atoms with E-state index in [1.807, 2.05) is 0 Å². The van der Waals surface area contributed by atoms with Crippen LogP contribution >= 0.6 is 15.9 Å². The minimum atomic E-state index is 0.949. The third kappa shape index (κ3) is 2.59. The Morgan fingerprint density at radius 3 is 2.50 bits per heavy atom. The molecule has 20 heavy (non-hydrogen) atoms. The number of aromatic nitrogens is 1. The molecule has 0 atom stereocenters. The molecule has 0 amide bonds. The molecule has 0 saturated carbocycles. The number of anilines is 1. The van der Waals surface area contributed by atoms with Gasteiger partial charge >= 0.3 is 0 Å². The lowest BCUT2D eigenvalue weighted by Gasteiger charge is -2.12. The fraction of sp³-hybridized carbons (Fsp3) is 0.176. The van der Waals surface area contributed by atoms with E-state index in [4.69, 9.17) is 0 Å². The zero-order valence-electron chi connectivity index (χ0n) is 11.7. The van der Waals surface area contributed by atoms with Gasteiger partial charge in [0.05, 0.1) is 0 Å². The Labute approximate surface area is 127 Å². The van der Waals surface area contributed by atoms with E-state index in [-0.39, 0.29) is 0 Å². The van der Waals surface area contributed by atoms with Crippen LogP contribution in [0.4, 0.5) is 5.69 Å². The summed E-state index contributed by atoms with van der Waals surface area (Å²) in [5.74, 6) is 0. The van der Waals surface area contributed by atoms with Crippen molar-refractivity contribution in [1.29, 1.82) is 0 Å². The van der Waals surface area contributed by atoms with Gasteiger partial charge in [-0.25, -0.2) is 0 Å². The molecule has 1 aromatic heterocycles. The number of rotatable bonds is 3. The Kier molecular flexibility index (Phi) is 3.53. The monoisotopic (exact) mass is 328 g/mol. The summed E-state index contributed by atoms with van der Waals surface area (Å²) in [4.78, 5) is 5.45. The topological polar surface area (TPSA) is 19.0 Å². The summed E-state index contributed by atoms with van der Waals surface area (Å²) in [6, 6.07) is 15.1. The fourth-order valence-corrected chi connectivity index (χ4v) is 2.79. The SMILES string of the molecule is CN(C)c1ccc(Cc2c[nH]c3ccc(Br)cc23)cc1. The van der Waals surface area contributed by atoms with Gasteiger partial charge in [0.1, 0.15) is 0 Å². The summed E-state index contributed by atoms with van der Waals surface area (Å²) in [5.41, 5.74) is 5.08. The Morgan fingerprint density at radius 2 is 1.80 bits per heavy atom. The van der Waals surface area contributed by atoms with Crippen molar-refractivity contribution in [3.8, 4) is 0 Å². The summed E-state index contributed by atoms with van der Waals surface area (Å²) in [6.45, 7) is 0. The highest BCUT2D eigenvalue weighted by Crippen LogP contribution is 2.25. The zero-order chi connectivity index (χ0) is 14.1. The minimum Gasteiger partial charge on any atom is -0.378 e. The summed E-state index contributed by atoms with van der Waals surface area (Å²) in [5, 5.41) is 1.29. The van der Waals surface area contributed by atoms with Gasteiger partial charge in [-0.2, -0.15) is 0 Å². The minimum absolute atomic E-state index is 0.949. The first-order chi connectivity index (χ1) is 9.63. The number of nitrogens with one attached hydrogen (secondary N) is 1. The van der Waals surface area contributed by atoms with Crippen LogP contribution in [0.3, 0.4) is 0 Å². The molecule has 1 N–H and O–H groups in total. The number of halogens is 1. The lowest BCUT2D eigenvalue weighted by atomic mass is 10.0. The fourth-order valence-electron chi connectivity index (χ4n) is 2.43. The molecule has 2 aromatic carbocycles. The van der Waals surface area contributed by atoms with Crippen molar-refractivity contribution in [1.82, 2.24) is 4.98 Å². The maximum atomic E-state index is 3.54. The van der Waals surface area contributed by atoms with Crippen LogP contribution in [0.1, 0.15) is 11.1 Å². The van der Waals surface area contributed by atoms with E-state index in [2.05, 4.69) is 88.6 Å². The van der Waals surface area contributed by atoms with Crippen molar-refractivity contribution < 1.29 is 0 Å². The molecule has 0 fully saturated rings. The molecule has 0 saturated heterocycles. The van der Waals surface area contributed by atoms with Crippen LogP contribution in [0, 0.1) is 0 Å².